The van der Waals surface area contributed by atoms with Crippen molar-refractivity contribution in [2.75, 3.05) is 0 Å². The quantitative estimate of drug-likeness (QED) is 0.486. The summed E-state index contributed by atoms with van der Waals surface area (Å²) in [6.45, 7) is 12.9. The van der Waals surface area contributed by atoms with E-state index in [0.717, 1.165) is 0 Å². The molecule has 1 unspecified atom stereocenters. The van der Waals surface area contributed by atoms with Gasteiger partial charge in [0.25, 0.3) is 0 Å². The van der Waals surface area contributed by atoms with Gasteiger partial charge in [-0.05, 0) is 58.4 Å². The Morgan fingerprint density at radius 3 is 2.22 bits per heavy atom. The van der Waals surface area contributed by atoms with E-state index in [1.54, 1.807) is 11.1 Å². The minimum absolute atomic E-state index is 0.264. The van der Waals surface area contributed by atoms with Crippen molar-refractivity contribution in [2.24, 2.45) is 0 Å². The van der Waals surface area contributed by atoms with Crippen molar-refractivity contribution in [3.63, 3.8) is 0 Å². The monoisotopic (exact) mass is 308 g/mol. The van der Waals surface area contributed by atoms with Crippen LogP contribution < -0.4 is 0 Å². The largest absolute Gasteiger partial charge is 0.0683 e. The van der Waals surface area contributed by atoms with Crippen LogP contribution in [0.1, 0.15) is 77.0 Å². The van der Waals surface area contributed by atoms with Crippen LogP contribution in [-0.2, 0) is 11.8 Å². The second kappa shape index (κ2) is 7.34. The van der Waals surface area contributed by atoms with Crippen LogP contribution in [-0.4, -0.2) is 0 Å². The summed E-state index contributed by atoms with van der Waals surface area (Å²) in [7, 11) is 0. The lowest BCUT2D eigenvalue weighted by Crippen LogP contribution is -2.33. The smallest absolute Gasteiger partial charge is 0.00285 e. The highest BCUT2D eigenvalue weighted by Gasteiger charge is 2.41. The maximum atomic E-state index is 2.43. The molecular formula is C23H32. The summed E-state index contributed by atoms with van der Waals surface area (Å²) < 4.78 is 0. The Balaban J connectivity index is 0.000000448. The first-order valence-corrected chi connectivity index (χ1v) is 9.41. The van der Waals surface area contributed by atoms with Crippen molar-refractivity contribution in [3.05, 3.63) is 59.2 Å². The molecule has 0 heteroatoms. The molecule has 0 aliphatic heterocycles. The van der Waals surface area contributed by atoms with E-state index < -0.39 is 0 Å². The molecule has 0 amide bonds. The SMILES string of the molecule is CC.CC.CC1(C)c2ccccc2-c2cccc3c2C1CCC3. The topological polar surface area (TPSA) is 0 Å². The van der Waals surface area contributed by atoms with Crippen molar-refractivity contribution in [2.45, 2.75) is 72.1 Å². The number of hydrogen-bond acceptors (Lipinski definition) is 0. The summed E-state index contributed by atoms with van der Waals surface area (Å²) in [5.74, 6) is 0.697. The van der Waals surface area contributed by atoms with E-state index in [1.165, 1.54) is 36.0 Å². The third-order valence-electron chi connectivity index (χ3n) is 5.27. The molecule has 0 fully saturated rings. The Bertz CT molecular complexity index is 649. The molecule has 2 aromatic rings. The van der Waals surface area contributed by atoms with Gasteiger partial charge in [-0.25, -0.2) is 0 Å². The van der Waals surface area contributed by atoms with E-state index in [-0.39, 0.29) is 5.41 Å². The van der Waals surface area contributed by atoms with Gasteiger partial charge < -0.3 is 0 Å². The minimum Gasteiger partial charge on any atom is -0.0683 e. The van der Waals surface area contributed by atoms with Crippen LogP contribution in [0.2, 0.25) is 0 Å². The maximum Gasteiger partial charge on any atom is -0.00285 e. The van der Waals surface area contributed by atoms with Crippen molar-refractivity contribution in [1.29, 1.82) is 0 Å². The van der Waals surface area contributed by atoms with Gasteiger partial charge >= 0.3 is 0 Å². The summed E-state index contributed by atoms with van der Waals surface area (Å²) in [5, 5.41) is 0. The van der Waals surface area contributed by atoms with Gasteiger partial charge in [0.2, 0.25) is 0 Å². The van der Waals surface area contributed by atoms with Crippen LogP contribution in [0.5, 0.6) is 0 Å². The number of aryl methyl sites for hydroxylation is 1. The summed E-state index contributed by atoms with van der Waals surface area (Å²) in [5.41, 5.74) is 8.00. The van der Waals surface area contributed by atoms with Gasteiger partial charge in [0.05, 0.1) is 0 Å². The lowest BCUT2D eigenvalue weighted by Gasteiger charge is -2.45. The van der Waals surface area contributed by atoms with E-state index in [1.807, 2.05) is 27.7 Å². The molecule has 4 rings (SSSR count). The Kier molecular flexibility index (Phi) is 5.68. The van der Waals surface area contributed by atoms with Crippen molar-refractivity contribution in [3.8, 4) is 11.1 Å². The number of benzene rings is 2. The zero-order valence-corrected chi connectivity index (χ0v) is 15.7. The van der Waals surface area contributed by atoms with Gasteiger partial charge in [0.1, 0.15) is 0 Å². The first-order chi connectivity index (χ1) is 11.2. The first-order valence-electron chi connectivity index (χ1n) is 9.41. The standard InChI is InChI=1S/C19H20.2C2H6/c1-19(2)16-11-4-3-9-14(16)15-10-5-7-13-8-6-12-17(19)18(13)15;2*1-2/h3-5,7,9-11,17H,6,8,12H2,1-2H3;2*1-2H3. The van der Waals surface area contributed by atoms with Gasteiger partial charge in [0, 0.05) is 0 Å². The summed E-state index contributed by atoms with van der Waals surface area (Å²) in [6.07, 6.45) is 3.94. The second-order valence-corrected chi connectivity index (χ2v) is 6.59. The van der Waals surface area contributed by atoms with Crippen LogP contribution >= 0.6 is 0 Å². The van der Waals surface area contributed by atoms with E-state index in [4.69, 9.17) is 0 Å². The highest BCUT2D eigenvalue weighted by atomic mass is 14.4. The summed E-state index contributed by atoms with van der Waals surface area (Å²) in [6, 6.07) is 15.9. The molecule has 0 saturated heterocycles. The van der Waals surface area contributed by atoms with Gasteiger partial charge in [0.15, 0.2) is 0 Å². The van der Waals surface area contributed by atoms with Gasteiger partial charge in [-0.2, -0.15) is 0 Å². The molecule has 2 aliphatic carbocycles. The number of rotatable bonds is 0. The molecule has 0 spiro atoms. The molecule has 23 heavy (non-hydrogen) atoms. The summed E-state index contributed by atoms with van der Waals surface area (Å²) >= 11 is 0. The van der Waals surface area contributed by atoms with Gasteiger partial charge in [-0.1, -0.05) is 84.0 Å². The molecule has 1 atom stereocenters. The first kappa shape index (κ1) is 17.8. The number of fused-ring (bicyclic) bond motifs is 2. The molecule has 0 saturated carbocycles. The molecule has 0 nitrogen and oxygen atoms in total. The Labute approximate surface area is 143 Å². The zero-order valence-electron chi connectivity index (χ0n) is 15.7. The third-order valence-corrected chi connectivity index (χ3v) is 5.27. The van der Waals surface area contributed by atoms with Crippen LogP contribution in [0, 0.1) is 0 Å². The average molecular weight is 309 g/mol. The van der Waals surface area contributed by atoms with Crippen LogP contribution in [0.3, 0.4) is 0 Å². The third kappa shape index (κ3) is 2.84. The van der Waals surface area contributed by atoms with Crippen molar-refractivity contribution >= 4 is 0 Å². The predicted octanol–water partition coefficient (Wildman–Crippen LogP) is 7.12. The van der Waals surface area contributed by atoms with Crippen LogP contribution in [0.15, 0.2) is 42.5 Å². The lowest BCUT2D eigenvalue weighted by molar-refractivity contribution is 0.363. The molecule has 124 valence electrons. The molecule has 2 aromatic carbocycles. The Morgan fingerprint density at radius 1 is 0.826 bits per heavy atom. The molecular weight excluding hydrogens is 276 g/mol. The van der Waals surface area contributed by atoms with Crippen molar-refractivity contribution in [1.82, 2.24) is 0 Å². The highest BCUT2D eigenvalue weighted by molar-refractivity contribution is 5.77. The van der Waals surface area contributed by atoms with Gasteiger partial charge in [-0.15, -0.1) is 0 Å². The van der Waals surface area contributed by atoms with E-state index in [0.29, 0.717) is 5.92 Å². The zero-order chi connectivity index (χ0) is 17.0. The van der Waals surface area contributed by atoms with Crippen LogP contribution in [0.25, 0.3) is 11.1 Å². The average Bonchev–Trinajstić information content (AvgIpc) is 2.63. The van der Waals surface area contributed by atoms with E-state index in [2.05, 4.69) is 56.3 Å². The Hall–Kier alpha value is -1.56. The van der Waals surface area contributed by atoms with E-state index >= 15 is 0 Å². The molecule has 0 bridgehead atoms. The number of hydrogen-bond donors (Lipinski definition) is 0. The Morgan fingerprint density at radius 2 is 1.48 bits per heavy atom. The molecule has 0 radical (unpaired) electrons. The fraction of sp³-hybridized carbons (Fsp3) is 0.478. The second-order valence-electron chi connectivity index (χ2n) is 6.59. The van der Waals surface area contributed by atoms with Crippen molar-refractivity contribution < 1.29 is 0 Å². The van der Waals surface area contributed by atoms with E-state index in [9.17, 15) is 0 Å². The molecule has 0 N–H and O–H groups in total. The molecule has 0 aromatic heterocycles. The maximum absolute atomic E-state index is 2.43. The van der Waals surface area contributed by atoms with Gasteiger partial charge in [-0.3, -0.25) is 0 Å². The summed E-state index contributed by atoms with van der Waals surface area (Å²) in [4.78, 5) is 0. The fourth-order valence-electron chi connectivity index (χ4n) is 4.31. The predicted molar refractivity (Wildman–Crippen MR) is 103 cm³/mol. The van der Waals surface area contributed by atoms with Crippen LogP contribution in [0.4, 0.5) is 0 Å². The molecule has 0 heterocycles. The fourth-order valence-corrected chi connectivity index (χ4v) is 4.31. The minimum atomic E-state index is 0.264. The normalized spacial score (nSPS) is 19.1. The molecule has 2 aliphatic rings. The lowest BCUT2D eigenvalue weighted by atomic mass is 9.59. The highest BCUT2D eigenvalue weighted by Crippen LogP contribution is 2.54.